The predicted molar refractivity (Wildman–Crippen MR) is 58.1 cm³/mol. The van der Waals surface area contributed by atoms with E-state index in [1.165, 1.54) is 0 Å². The third-order valence-corrected chi connectivity index (χ3v) is 2.99. The van der Waals surface area contributed by atoms with Crippen LogP contribution in [0.4, 0.5) is 17.1 Å². The van der Waals surface area contributed by atoms with Crippen molar-refractivity contribution < 1.29 is 29.1 Å². The second-order valence-corrected chi connectivity index (χ2v) is 4.68. The molecule has 19 heavy (non-hydrogen) atoms. The monoisotopic (exact) mass is 293 g/mol. The number of nitro groups is 3. The van der Waals surface area contributed by atoms with Crippen LogP contribution in [0.15, 0.2) is 12.1 Å². The molecule has 0 aromatic heterocycles. The number of hydrogen-bond donors (Lipinski definition) is 2. The molecule has 1 aromatic rings. The second kappa shape index (κ2) is 4.68. The van der Waals surface area contributed by atoms with Crippen molar-refractivity contribution in [2.75, 3.05) is 0 Å². The van der Waals surface area contributed by atoms with Crippen molar-refractivity contribution in [3.05, 3.63) is 42.5 Å². The molecule has 102 valence electrons. The Bertz CT molecular complexity index is 600. The molecule has 0 aliphatic rings. The number of nitrogens with zero attached hydrogens (tertiary/aromatic N) is 3. The molecule has 1 rings (SSSR count). The van der Waals surface area contributed by atoms with Gasteiger partial charge in [-0.3, -0.25) is 34.9 Å². The number of nitro benzene ring substituents is 3. The van der Waals surface area contributed by atoms with Crippen LogP contribution in [0.5, 0.6) is 0 Å². The van der Waals surface area contributed by atoms with E-state index in [1.54, 1.807) is 0 Å². The summed E-state index contributed by atoms with van der Waals surface area (Å²) < 4.78 is 11.1. The van der Waals surface area contributed by atoms with Gasteiger partial charge in [0.15, 0.2) is 0 Å². The van der Waals surface area contributed by atoms with Crippen LogP contribution in [-0.2, 0) is 4.57 Å². The molecule has 0 saturated heterocycles. The van der Waals surface area contributed by atoms with Crippen molar-refractivity contribution in [2.45, 2.75) is 0 Å². The Morgan fingerprint density at radius 2 is 1.26 bits per heavy atom. The summed E-state index contributed by atoms with van der Waals surface area (Å²) in [4.78, 5) is 45.7. The van der Waals surface area contributed by atoms with E-state index >= 15 is 0 Å². The van der Waals surface area contributed by atoms with Gasteiger partial charge < -0.3 is 9.79 Å². The van der Waals surface area contributed by atoms with Crippen molar-refractivity contribution in [3.63, 3.8) is 0 Å². The summed E-state index contributed by atoms with van der Waals surface area (Å²) in [5.41, 5.74) is -3.78. The van der Waals surface area contributed by atoms with Crippen molar-refractivity contribution in [1.82, 2.24) is 0 Å². The highest BCUT2D eigenvalue weighted by atomic mass is 31.2. The molecule has 0 saturated carbocycles. The standard InChI is InChI=1S/C6H4N3O9P/c10-7(11)3-1-4(8(12)13)6(19(16,17)18)5(2-3)9(14)15/h1-2H,(H2,16,17,18). The topological polar surface area (TPSA) is 187 Å². The van der Waals surface area contributed by atoms with Gasteiger partial charge in [0.2, 0.25) is 5.30 Å². The fourth-order valence-electron chi connectivity index (χ4n) is 1.27. The number of non-ortho nitro benzene ring substituents is 1. The van der Waals surface area contributed by atoms with Crippen molar-refractivity contribution in [1.29, 1.82) is 0 Å². The largest absolute Gasteiger partial charge is 0.370 e. The van der Waals surface area contributed by atoms with E-state index in [2.05, 4.69) is 0 Å². The Labute approximate surface area is 102 Å². The minimum Gasteiger partial charge on any atom is -0.321 e. The summed E-state index contributed by atoms with van der Waals surface area (Å²) in [7, 11) is -5.36. The minimum atomic E-state index is -5.36. The molecule has 0 aliphatic carbocycles. The van der Waals surface area contributed by atoms with E-state index in [1.807, 2.05) is 0 Å². The van der Waals surface area contributed by atoms with Crippen LogP contribution in [0, 0.1) is 30.3 Å². The summed E-state index contributed by atoms with van der Waals surface area (Å²) >= 11 is 0. The normalized spacial score (nSPS) is 11.1. The molecule has 0 heterocycles. The van der Waals surface area contributed by atoms with E-state index in [-0.39, 0.29) is 12.1 Å². The average Bonchev–Trinajstić information content (AvgIpc) is 2.25. The predicted octanol–water partition coefficient (Wildman–Crippen LogP) is 0.214. The SMILES string of the molecule is O=[N+]([O-])c1cc([N+](=O)[O-])c(P(=O)(O)O)c([N+](=O)[O-])c1. The summed E-state index contributed by atoms with van der Waals surface area (Å²) in [5, 5.41) is 30.3. The first-order valence-electron chi connectivity index (χ1n) is 4.23. The van der Waals surface area contributed by atoms with Gasteiger partial charge >= 0.3 is 7.60 Å². The van der Waals surface area contributed by atoms with Gasteiger partial charge in [0, 0.05) is 0 Å². The highest BCUT2D eigenvalue weighted by Gasteiger charge is 2.40. The molecule has 2 N–H and O–H groups in total. The Hall–Kier alpha value is -2.43. The molecule has 1 aromatic carbocycles. The van der Waals surface area contributed by atoms with Gasteiger partial charge in [0.25, 0.3) is 17.1 Å². The molecule has 0 spiro atoms. The molecule has 0 unspecified atom stereocenters. The first-order chi connectivity index (χ1) is 8.55. The lowest BCUT2D eigenvalue weighted by molar-refractivity contribution is -0.401. The molecular weight excluding hydrogens is 289 g/mol. The number of hydrogen-bond acceptors (Lipinski definition) is 7. The molecule has 13 heteroatoms. The summed E-state index contributed by atoms with van der Waals surface area (Å²) in [5.74, 6) is 0. The maximum Gasteiger partial charge on any atom is 0.370 e. The molecule has 12 nitrogen and oxygen atoms in total. The lowest BCUT2D eigenvalue weighted by atomic mass is 10.2. The summed E-state index contributed by atoms with van der Waals surface area (Å²) in [6.07, 6.45) is 0. The Balaban J connectivity index is 3.87. The molecule has 0 fully saturated rings. The van der Waals surface area contributed by atoms with Crippen LogP contribution in [0.2, 0.25) is 0 Å². The van der Waals surface area contributed by atoms with E-state index in [0.29, 0.717) is 0 Å². The van der Waals surface area contributed by atoms with Gasteiger partial charge in [-0.2, -0.15) is 0 Å². The van der Waals surface area contributed by atoms with Gasteiger partial charge in [0.05, 0.1) is 26.9 Å². The average molecular weight is 293 g/mol. The fraction of sp³-hybridized carbons (Fsp3) is 0. The molecule has 0 amide bonds. The van der Waals surface area contributed by atoms with Crippen LogP contribution in [0.25, 0.3) is 0 Å². The second-order valence-electron chi connectivity index (χ2n) is 3.15. The molecule has 0 atom stereocenters. The molecule has 0 bridgehead atoms. The third kappa shape index (κ3) is 2.88. The summed E-state index contributed by atoms with van der Waals surface area (Å²) in [6, 6.07) is 0.503. The van der Waals surface area contributed by atoms with Gasteiger partial charge in [-0.15, -0.1) is 0 Å². The highest BCUT2D eigenvalue weighted by Crippen LogP contribution is 2.42. The highest BCUT2D eigenvalue weighted by molar-refractivity contribution is 7.61. The Kier molecular flexibility index (Phi) is 3.61. The Morgan fingerprint density at radius 3 is 1.47 bits per heavy atom. The minimum absolute atomic E-state index is 0.251. The quantitative estimate of drug-likeness (QED) is 0.444. The van der Waals surface area contributed by atoms with E-state index in [9.17, 15) is 34.9 Å². The lowest BCUT2D eigenvalue weighted by Gasteiger charge is -2.05. The third-order valence-electron chi connectivity index (χ3n) is 1.95. The van der Waals surface area contributed by atoms with Crippen molar-refractivity contribution in [3.8, 4) is 0 Å². The first kappa shape index (κ1) is 14.6. The van der Waals surface area contributed by atoms with Gasteiger partial charge in [-0.1, -0.05) is 0 Å². The lowest BCUT2D eigenvalue weighted by Crippen LogP contribution is -2.15. The zero-order chi connectivity index (χ0) is 15.0. The first-order valence-corrected chi connectivity index (χ1v) is 5.84. The van der Waals surface area contributed by atoms with E-state index < -0.39 is 44.7 Å². The van der Waals surface area contributed by atoms with Gasteiger partial charge in [-0.25, -0.2) is 0 Å². The number of benzene rings is 1. The van der Waals surface area contributed by atoms with Gasteiger partial charge in [-0.05, 0) is 0 Å². The van der Waals surface area contributed by atoms with Crippen LogP contribution in [0.3, 0.4) is 0 Å². The zero-order valence-electron chi connectivity index (χ0n) is 8.70. The Morgan fingerprint density at radius 1 is 0.895 bits per heavy atom. The maximum atomic E-state index is 11.1. The summed E-state index contributed by atoms with van der Waals surface area (Å²) in [6.45, 7) is 0. The van der Waals surface area contributed by atoms with Crippen LogP contribution in [-0.4, -0.2) is 24.6 Å². The molecule has 0 aliphatic heterocycles. The fourth-order valence-corrected chi connectivity index (χ4v) is 2.16. The van der Waals surface area contributed by atoms with Crippen molar-refractivity contribution in [2.24, 2.45) is 0 Å². The van der Waals surface area contributed by atoms with Crippen LogP contribution >= 0.6 is 7.60 Å². The van der Waals surface area contributed by atoms with Crippen LogP contribution < -0.4 is 5.30 Å². The smallest absolute Gasteiger partial charge is 0.321 e. The zero-order valence-corrected chi connectivity index (χ0v) is 9.59. The molecular formula is C6H4N3O9P. The molecule has 0 radical (unpaired) electrons. The maximum absolute atomic E-state index is 11.1. The van der Waals surface area contributed by atoms with E-state index in [0.717, 1.165) is 0 Å². The number of rotatable bonds is 4. The van der Waals surface area contributed by atoms with Crippen molar-refractivity contribution >= 4 is 30.0 Å². The van der Waals surface area contributed by atoms with E-state index in [4.69, 9.17) is 9.79 Å². The van der Waals surface area contributed by atoms with Crippen LogP contribution in [0.1, 0.15) is 0 Å². The van der Waals surface area contributed by atoms with Gasteiger partial charge in [0.1, 0.15) is 0 Å².